The predicted octanol–water partition coefficient (Wildman–Crippen LogP) is 3.79. The van der Waals surface area contributed by atoms with Crippen molar-refractivity contribution in [3.63, 3.8) is 0 Å². The van der Waals surface area contributed by atoms with Crippen LogP contribution in [0.25, 0.3) is 0 Å². The number of halogens is 2. The smallest absolute Gasteiger partial charge is 0.251 e. The van der Waals surface area contributed by atoms with E-state index in [4.69, 9.17) is 0 Å². The van der Waals surface area contributed by atoms with E-state index < -0.39 is 0 Å². The molecule has 0 aromatic heterocycles. The number of amides is 1. The van der Waals surface area contributed by atoms with Gasteiger partial charge in [-0.2, -0.15) is 0 Å². The van der Waals surface area contributed by atoms with Crippen LogP contribution in [0.4, 0.5) is 4.39 Å². The van der Waals surface area contributed by atoms with E-state index in [9.17, 15) is 9.18 Å². The molecule has 0 aliphatic heterocycles. The SMILES string of the molecule is CCNC(=O)c1ccc(CN=C(NCC)N(C)Cc2cccc(F)c2)cc1.I. The van der Waals surface area contributed by atoms with Gasteiger partial charge in [0.2, 0.25) is 0 Å². The third-order valence-corrected chi connectivity index (χ3v) is 3.97. The van der Waals surface area contributed by atoms with Crippen LogP contribution in [0.15, 0.2) is 53.5 Å². The van der Waals surface area contributed by atoms with E-state index in [1.165, 1.54) is 12.1 Å². The topological polar surface area (TPSA) is 56.7 Å². The Morgan fingerprint density at radius 1 is 1.04 bits per heavy atom. The van der Waals surface area contributed by atoms with Crippen LogP contribution in [-0.2, 0) is 13.1 Å². The molecular weight excluding hydrogens is 470 g/mol. The van der Waals surface area contributed by atoms with Gasteiger partial charge in [0.25, 0.3) is 5.91 Å². The Balaban J connectivity index is 0.00000392. The van der Waals surface area contributed by atoms with Crippen LogP contribution < -0.4 is 10.6 Å². The van der Waals surface area contributed by atoms with Crippen LogP contribution in [-0.4, -0.2) is 36.9 Å². The molecule has 0 saturated carbocycles. The molecule has 28 heavy (non-hydrogen) atoms. The van der Waals surface area contributed by atoms with Crippen molar-refractivity contribution in [3.05, 3.63) is 71.0 Å². The molecule has 0 atom stereocenters. The lowest BCUT2D eigenvalue weighted by atomic mass is 10.1. The van der Waals surface area contributed by atoms with E-state index in [0.29, 0.717) is 25.2 Å². The number of aliphatic imine (C=N–C) groups is 1. The molecule has 152 valence electrons. The minimum absolute atomic E-state index is 0. The maximum atomic E-state index is 13.4. The van der Waals surface area contributed by atoms with Crippen LogP contribution >= 0.6 is 24.0 Å². The molecule has 0 unspecified atom stereocenters. The maximum Gasteiger partial charge on any atom is 0.251 e. The van der Waals surface area contributed by atoms with E-state index >= 15 is 0 Å². The fraction of sp³-hybridized carbons (Fsp3) is 0.333. The van der Waals surface area contributed by atoms with Gasteiger partial charge >= 0.3 is 0 Å². The van der Waals surface area contributed by atoms with Crippen molar-refractivity contribution < 1.29 is 9.18 Å². The summed E-state index contributed by atoms with van der Waals surface area (Å²) in [6, 6.07) is 14.0. The van der Waals surface area contributed by atoms with Gasteiger partial charge in [-0.05, 0) is 49.2 Å². The third kappa shape index (κ3) is 7.46. The lowest BCUT2D eigenvalue weighted by molar-refractivity contribution is 0.0956. The lowest BCUT2D eigenvalue weighted by Crippen LogP contribution is -2.38. The fourth-order valence-electron chi connectivity index (χ4n) is 2.64. The molecule has 0 bridgehead atoms. The van der Waals surface area contributed by atoms with Gasteiger partial charge in [-0.15, -0.1) is 24.0 Å². The quantitative estimate of drug-likeness (QED) is 0.347. The van der Waals surface area contributed by atoms with Gasteiger partial charge in [-0.3, -0.25) is 4.79 Å². The highest BCUT2D eigenvalue weighted by molar-refractivity contribution is 14.0. The summed E-state index contributed by atoms with van der Waals surface area (Å²) in [5, 5.41) is 6.03. The molecule has 0 radical (unpaired) electrons. The zero-order valence-electron chi connectivity index (χ0n) is 16.5. The average molecular weight is 498 g/mol. The van der Waals surface area contributed by atoms with Crippen LogP contribution in [0.2, 0.25) is 0 Å². The average Bonchev–Trinajstić information content (AvgIpc) is 2.65. The van der Waals surface area contributed by atoms with Crippen molar-refractivity contribution in [1.29, 1.82) is 0 Å². The van der Waals surface area contributed by atoms with Gasteiger partial charge in [-0.1, -0.05) is 24.3 Å². The fourth-order valence-corrected chi connectivity index (χ4v) is 2.64. The first-order valence-corrected chi connectivity index (χ1v) is 9.14. The van der Waals surface area contributed by atoms with E-state index in [1.807, 2.05) is 44.0 Å². The highest BCUT2D eigenvalue weighted by Crippen LogP contribution is 2.09. The summed E-state index contributed by atoms with van der Waals surface area (Å²) < 4.78 is 13.4. The normalized spacial score (nSPS) is 10.8. The first-order chi connectivity index (χ1) is 13.0. The van der Waals surface area contributed by atoms with E-state index in [2.05, 4.69) is 15.6 Å². The molecule has 2 aromatic rings. The first-order valence-electron chi connectivity index (χ1n) is 9.14. The minimum Gasteiger partial charge on any atom is -0.357 e. The van der Waals surface area contributed by atoms with Gasteiger partial charge < -0.3 is 15.5 Å². The monoisotopic (exact) mass is 498 g/mol. The van der Waals surface area contributed by atoms with Crippen LogP contribution in [0.1, 0.15) is 35.3 Å². The summed E-state index contributed by atoms with van der Waals surface area (Å²) in [6.07, 6.45) is 0. The van der Waals surface area contributed by atoms with Gasteiger partial charge in [0.15, 0.2) is 5.96 Å². The number of nitrogens with one attached hydrogen (secondary N) is 2. The summed E-state index contributed by atoms with van der Waals surface area (Å²) >= 11 is 0. The standard InChI is InChI=1S/C21H27FN4O.HI/c1-4-23-20(27)18-11-9-16(10-12-18)14-25-21(24-5-2)26(3)15-17-7-6-8-19(22)13-17;/h6-13H,4-5,14-15H2,1-3H3,(H,23,27)(H,24,25);1H. The molecular formula is C21H28FIN4O. The molecule has 2 N–H and O–H groups in total. The van der Waals surface area contributed by atoms with Gasteiger partial charge in [0, 0.05) is 32.2 Å². The number of hydrogen-bond donors (Lipinski definition) is 2. The lowest BCUT2D eigenvalue weighted by Gasteiger charge is -2.22. The molecule has 5 nitrogen and oxygen atoms in total. The Labute approximate surface area is 183 Å². The zero-order valence-corrected chi connectivity index (χ0v) is 18.9. The minimum atomic E-state index is -0.241. The number of nitrogens with zero attached hydrogens (tertiary/aromatic N) is 2. The van der Waals surface area contributed by atoms with Gasteiger partial charge in [0.05, 0.1) is 6.54 Å². The molecule has 0 aliphatic rings. The first kappa shape index (κ1) is 23.9. The van der Waals surface area contributed by atoms with Crippen molar-refractivity contribution in [2.45, 2.75) is 26.9 Å². The second-order valence-corrected chi connectivity index (χ2v) is 6.21. The van der Waals surface area contributed by atoms with Crippen molar-refractivity contribution in [2.75, 3.05) is 20.1 Å². The number of rotatable bonds is 7. The molecule has 2 rings (SSSR count). The Morgan fingerprint density at radius 2 is 1.71 bits per heavy atom. The Hall–Kier alpha value is -2.16. The molecule has 0 heterocycles. The third-order valence-electron chi connectivity index (χ3n) is 3.97. The van der Waals surface area contributed by atoms with Crippen LogP contribution in [0.5, 0.6) is 0 Å². The van der Waals surface area contributed by atoms with Crippen molar-refractivity contribution >= 4 is 35.8 Å². The van der Waals surface area contributed by atoms with Crippen molar-refractivity contribution in [3.8, 4) is 0 Å². The summed E-state index contributed by atoms with van der Waals surface area (Å²) in [7, 11) is 1.92. The second kappa shape index (κ2) is 12.3. The van der Waals surface area contributed by atoms with Crippen LogP contribution in [0, 0.1) is 5.82 Å². The summed E-state index contributed by atoms with van der Waals surface area (Å²) in [5.41, 5.74) is 2.53. The zero-order chi connectivity index (χ0) is 19.6. The molecule has 0 spiro atoms. The Kier molecular flexibility index (Phi) is 10.5. The molecule has 0 aliphatic carbocycles. The van der Waals surface area contributed by atoms with Gasteiger partial charge in [-0.25, -0.2) is 9.38 Å². The number of hydrogen-bond acceptors (Lipinski definition) is 2. The van der Waals surface area contributed by atoms with Crippen molar-refractivity contribution in [1.82, 2.24) is 15.5 Å². The Morgan fingerprint density at radius 3 is 2.32 bits per heavy atom. The number of carbonyl (C=O) groups is 1. The van der Waals surface area contributed by atoms with Gasteiger partial charge in [0.1, 0.15) is 5.82 Å². The molecule has 0 fully saturated rings. The van der Waals surface area contributed by atoms with Crippen LogP contribution in [0.3, 0.4) is 0 Å². The largest absolute Gasteiger partial charge is 0.357 e. The highest BCUT2D eigenvalue weighted by atomic mass is 127. The number of benzene rings is 2. The predicted molar refractivity (Wildman–Crippen MR) is 123 cm³/mol. The second-order valence-electron chi connectivity index (χ2n) is 6.21. The van der Waals surface area contributed by atoms with E-state index in [0.717, 1.165) is 23.6 Å². The number of carbonyl (C=O) groups excluding carboxylic acids is 1. The Bertz CT molecular complexity index is 780. The maximum absolute atomic E-state index is 13.4. The molecule has 1 amide bonds. The summed E-state index contributed by atoms with van der Waals surface area (Å²) in [5.74, 6) is 0.431. The van der Waals surface area contributed by atoms with E-state index in [-0.39, 0.29) is 35.7 Å². The summed E-state index contributed by atoms with van der Waals surface area (Å²) in [4.78, 5) is 18.4. The molecule has 0 saturated heterocycles. The van der Waals surface area contributed by atoms with E-state index in [1.54, 1.807) is 18.2 Å². The molecule has 2 aromatic carbocycles. The van der Waals surface area contributed by atoms with Crippen molar-refractivity contribution in [2.24, 2.45) is 4.99 Å². The highest BCUT2D eigenvalue weighted by Gasteiger charge is 2.08. The number of guanidine groups is 1. The molecule has 7 heteroatoms. The summed E-state index contributed by atoms with van der Waals surface area (Å²) in [6.45, 7) is 6.29.